The Balaban J connectivity index is 1.78. The molecule has 1 aliphatic rings. The number of oxazole rings is 1. The smallest absolute Gasteiger partial charge is 0.263 e. The predicted molar refractivity (Wildman–Crippen MR) is 78.7 cm³/mol. The Morgan fingerprint density at radius 2 is 2.33 bits per heavy atom. The summed E-state index contributed by atoms with van der Waals surface area (Å²) >= 11 is 0. The summed E-state index contributed by atoms with van der Waals surface area (Å²) in [5, 5.41) is 9.95. The Kier molecular flexibility index (Phi) is 4.12. The molecule has 2 aromatic rings. The van der Waals surface area contributed by atoms with E-state index in [-0.39, 0.29) is 12.1 Å². The van der Waals surface area contributed by atoms with E-state index in [1.54, 1.807) is 6.26 Å². The van der Waals surface area contributed by atoms with Crippen molar-refractivity contribution < 1.29 is 13.9 Å². The molecule has 2 unspecified atom stereocenters. The maximum atomic E-state index is 9.95. The average molecular weight is 290 g/mol. The molecule has 5 heteroatoms. The van der Waals surface area contributed by atoms with Crippen molar-refractivity contribution in [1.29, 1.82) is 0 Å². The zero-order valence-corrected chi connectivity index (χ0v) is 12.6. The quantitative estimate of drug-likeness (QED) is 0.938. The molecule has 5 nitrogen and oxygen atoms in total. The molecular formula is C16H22N2O3. The molecule has 3 rings (SSSR count). The zero-order chi connectivity index (χ0) is 14.8. The molecule has 1 N–H and O–H groups in total. The van der Waals surface area contributed by atoms with E-state index in [9.17, 15) is 5.11 Å². The molecule has 21 heavy (non-hydrogen) atoms. The van der Waals surface area contributed by atoms with Gasteiger partial charge in [-0.1, -0.05) is 6.42 Å². The van der Waals surface area contributed by atoms with Gasteiger partial charge in [0.25, 0.3) is 5.89 Å². The topological polar surface area (TPSA) is 62.6 Å². The van der Waals surface area contributed by atoms with Crippen molar-refractivity contribution in [2.24, 2.45) is 0 Å². The maximum absolute atomic E-state index is 9.95. The number of hydrogen-bond acceptors (Lipinski definition) is 5. The number of likely N-dealkylation sites (tertiary alicyclic amines) is 1. The summed E-state index contributed by atoms with van der Waals surface area (Å²) in [6, 6.07) is 3.87. The van der Waals surface area contributed by atoms with Crippen LogP contribution in [0.3, 0.4) is 0 Å². The Bertz CT molecular complexity index is 574. The molecule has 1 fully saturated rings. The minimum absolute atomic E-state index is 0.210. The molecule has 0 aliphatic carbocycles. The SMILES string of the molecule is Cc1oc(-c2ccco2)nc1CN1CCCCC1C(C)O. The standard InChI is InChI=1S/C16H22N2O3/c1-11(19)14-6-3-4-8-18(14)10-13-12(2)21-16(17-13)15-7-5-9-20-15/h5,7,9,11,14,19H,3-4,6,8,10H2,1-2H3. The highest BCUT2D eigenvalue weighted by Crippen LogP contribution is 2.26. The molecule has 1 aliphatic heterocycles. The lowest BCUT2D eigenvalue weighted by molar-refractivity contribution is 0.0308. The van der Waals surface area contributed by atoms with E-state index in [2.05, 4.69) is 9.88 Å². The van der Waals surface area contributed by atoms with Crippen LogP contribution in [-0.2, 0) is 6.54 Å². The van der Waals surface area contributed by atoms with Gasteiger partial charge >= 0.3 is 0 Å². The molecule has 0 spiro atoms. The van der Waals surface area contributed by atoms with Crippen molar-refractivity contribution in [2.75, 3.05) is 6.54 Å². The Labute approximate surface area is 124 Å². The van der Waals surface area contributed by atoms with Crippen LogP contribution in [0.15, 0.2) is 27.2 Å². The van der Waals surface area contributed by atoms with Crippen LogP contribution in [0.2, 0.25) is 0 Å². The number of piperidine rings is 1. The normalized spacial score (nSPS) is 21.6. The van der Waals surface area contributed by atoms with E-state index in [1.165, 1.54) is 12.8 Å². The number of rotatable bonds is 4. The maximum Gasteiger partial charge on any atom is 0.263 e. The van der Waals surface area contributed by atoms with E-state index in [4.69, 9.17) is 8.83 Å². The first-order valence-corrected chi connectivity index (χ1v) is 7.57. The third kappa shape index (κ3) is 3.04. The monoisotopic (exact) mass is 290 g/mol. The lowest BCUT2D eigenvalue weighted by Crippen LogP contribution is -2.45. The molecule has 0 saturated carbocycles. The molecule has 3 heterocycles. The molecular weight excluding hydrogens is 268 g/mol. The molecule has 0 radical (unpaired) electrons. The largest absolute Gasteiger partial charge is 0.459 e. The van der Waals surface area contributed by atoms with Crippen molar-refractivity contribution in [2.45, 2.75) is 51.8 Å². The minimum Gasteiger partial charge on any atom is -0.459 e. The predicted octanol–water partition coefficient (Wildman–Crippen LogP) is 2.98. The average Bonchev–Trinajstić information content (AvgIpc) is 3.10. The summed E-state index contributed by atoms with van der Waals surface area (Å²) in [6.45, 7) is 5.51. The van der Waals surface area contributed by atoms with Crippen molar-refractivity contribution in [3.63, 3.8) is 0 Å². The third-order valence-electron chi connectivity index (χ3n) is 4.20. The van der Waals surface area contributed by atoms with Gasteiger partial charge in [0.15, 0.2) is 5.76 Å². The number of aromatic nitrogens is 1. The fourth-order valence-electron chi connectivity index (χ4n) is 3.03. The van der Waals surface area contributed by atoms with Crippen LogP contribution in [0.5, 0.6) is 0 Å². The van der Waals surface area contributed by atoms with Crippen molar-refractivity contribution in [1.82, 2.24) is 9.88 Å². The molecule has 1 saturated heterocycles. The van der Waals surface area contributed by atoms with Crippen molar-refractivity contribution in [3.05, 3.63) is 29.9 Å². The summed E-state index contributed by atoms with van der Waals surface area (Å²) in [5.41, 5.74) is 0.925. The van der Waals surface area contributed by atoms with Gasteiger partial charge in [-0.25, -0.2) is 4.98 Å². The number of aryl methyl sites for hydroxylation is 1. The molecule has 0 bridgehead atoms. The minimum atomic E-state index is -0.318. The van der Waals surface area contributed by atoms with Crippen LogP contribution in [0, 0.1) is 6.92 Å². The van der Waals surface area contributed by atoms with Gasteiger partial charge in [0.1, 0.15) is 5.76 Å². The van der Waals surface area contributed by atoms with Crippen molar-refractivity contribution in [3.8, 4) is 11.7 Å². The van der Waals surface area contributed by atoms with Crippen LogP contribution in [0.25, 0.3) is 11.7 Å². The molecule has 2 atom stereocenters. The highest BCUT2D eigenvalue weighted by molar-refractivity contribution is 5.44. The van der Waals surface area contributed by atoms with Gasteiger partial charge in [0.05, 0.1) is 18.1 Å². The lowest BCUT2D eigenvalue weighted by Gasteiger charge is -2.37. The second-order valence-corrected chi connectivity index (χ2v) is 5.77. The van der Waals surface area contributed by atoms with Gasteiger partial charge in [-0.05, 0) is 45.4 Å². The van der Waals surface area contributed by atoms with Crippen molar-refractivity contribution >= 4 is 0 Å². The van der Waals surface area contributed by atoms with Crippen LogP contribution in [0.1, 0.15) is 37.6 Å². The third-order valence-corrected chi connectivity index (χ3v) is 4.20. The number of furan rings is 1. The number of hydrogen-bond donors (Lipinski definition) is 1. The highest BCUT2D eigenvalue weighted by Gasteiger charge is 2.27. The van der Waals surface area contributed by atoms with Crippen LogP contribution >= 0.6 is 0 Å². The molecule has 0 aromatic carbocycles. The molecule has 114 valence electrons. The lowest BCUT2D eigenvalue weighted by atomic mass is 9.98. The Hall–Kier alpha value is -1.59. The number of aliphatic hydroxyl groups excluding tert-OH is 1. The van der Waals surface area contributed by atoms with Gasteiger partial charge in [-0.15, -0.1) is 0 Å². The summed E-state index contributed by atoms with van der Waals surface area (Å²) in [6.07, 6.45) is 4.69. The summed E-state index contributed by atoms with van der Waals surface area (Å²) in [5.74, 6) is 1.99. The van der Waals surface area contributed by atoms with Gasteiger partial charge in [-0.3, -0.25) is 4.90 Å². The first-order chi connectivity index (χ1) is 10.1. The summed E-state index contributed by atoms with van der Waals surface area (Å²) < 4.78 is 11.0. The van der Waals surface area contributed by atoms with E-state index in [0.29, 0.717) is 18.2 Å². The summed E-state index contributed by atoms with van der Waals surface area (Å²) in [7, 11) is 0. The molecule has 0 amide bonds. The highest BCUT2D eigenvalue weighted by atomic mass is 16.4. The Morgan fingerprint density at radius 3 is 3.05 bits per heavy atom. The second kappa shape index (κ2) is 6.03. The van der Waals surface area contributed by atoms with Gasteiger partial charge in [0.2, 0.25) is 0 Å². The van der Waals surface area contributed by atoms with E-state index in [0.717, 1.165) is 24.4 Å². The zero-order valence-electron chi connectivity index (χ0n) is 12.6. The Morgan fingerprint density at radius 1 is 1.48 bits per heavy atom. The molecule has 2 aromatic heterocycles. The fraction of sp³-hybridized carbons (Fsp3) is 0.562. The van der Waals surface area contributed by atoms with E-state index >= 15 is 0 Å². The van der Waals surface area contributed by atoms with Gasteiger partial charge in [0, 0.05) is 12.6 Å². The van der Waals surface area contributed by atoms with Gasteiger partial charge < -0.3 is 13.9 Å². The first kappa shape index (κ1) is 14.4. The number of aliphatic hydroxyl groups is 1. The van der Waals surface area contributed by atoms with Crippen LogP contribution in [0.4, 0.5) is 0 Å². The van der Waals surface area contributed by atoms with E-state index in [1.807, 2.05) is 26.0 Å². The first-order valence-electron chi connectivity index (χ1n) is 7.57. The van der Waals surface area contributed by atoms with E-state index < -0.39 is 0 Å². The fourth-order valence-corrected chi connectivity index (χ4v) is 3.03. The van der Waals surface area contributed by atoms with Gasteiger partial charge in [-0.2, -0.15) is 0 Å². The van der Waals surface area contributed by atoms with Crippen LogP contribution < -0.4 is 0 Å². The second-order valence-electron chi connectivity index (χ2n) is 5.77. The summed E-state index contributed by atoms with van der Waals surface area (Å²) in [4.78, 5) is 6.87. The number of nitrogens with zero attached hydrogens (tertiary/aromatic N) is 2. The van der Waals surface area contributed by atoms with Crippen LogP contribution in [-0.4, -0.2) is 33.7 Å².